The first-order valence-corrected chi connectivity index (χ1v) is 9.37. The molecule has 7 heteroatoms. The average Bonchev–Trinajstić information content (AvgIpc) is 2.61. The third kappa shape index (κ3) is 2.78. The zero-order chi connectivity index (χ0) is 17.4. The van der Waals surface area contributed by atoms with Crippen molar-refractivity contribution in [3.8, 4) is 0 Å². The summed E-state index contributed by atoms with van der Waals surface area (Å²) in [7, 11) is 0. The van der Waals surface area contributed by atoms with Gasteiger partial charge in [0.1, 0.15) is 5.82 Å². The quantitative estimate of drug-likeness (QED) is 0.651. The van der Waals surface area contributed by atoms with Crippen LogP contribution in [0.15, 0.2) is 45.7 Å². The number of nitrogens with zero attached hydrogens (tertiary/aromatic N) is 2. The van der Waals surface area contributed by atoms with Crippen molar-refractivity contribution in [3.05, 3.63) is 57.3 Å². The second-order valence-corrected chi connectivity index (χ2v) is 7.33. The molecule has 0 saturated heterocycles. The number of allylic oxidation sites excluding steroid dienone is 2. The Bertz CT molecular complexity index is 920. The molecular weight excluding hydrogens is 336 g/mol. The van der Waals surface area contributed by atoms with E-state index in [4.69, 9.17) is 0 Å². The van der Waals surface area contributed by atoms with Crippen LogP contribution in [0.3, 0.4) is 0 Å². The number of anilines is 1. The van der Waals surface area contributed by atoms with E-state index < -0.39 is 5.92 Å². The first kappa shape index (κ1) is 16.1. The number of pyridine rings is 1. The van der Waals surface area contributed by atoms with E-state index in [1.54, 1.807) is 12.4 Å². The summed E-state index contributed by atoms with van der Waals surface area (Å²) in [5.41, 5.74) is 2.73. The van der Waals surface area contributed by atoms with E-state index in [0.717, 1.165) is 29.9 Å². The van der Waals surface area contributed by atoms with E-state index in [0.29, 0.717) is 28.5 Å². The molecule has 128 valence electrons. The molecule has 0 radical (unpaired) electrons. The van der Waals surface area contributed by atoms with Crippen LogP contribution in [0.25, 0.3) is 0 Å². The van der Waals surface area contributed by atoms with E-state index in [2.05, 4.69) is 20.3 Å². The number of nitrogens with one attached hydrogen (secondary N) is 2. The smallest absolute Gasteiger partial charge is 0.257 e. The summed E-state index contributed by atoms with van der Waals surface area (Å²) in [6.45, 7) is 2.01. The monoisotopic (exact) mass is 354 g/mol. The number of carbonyl (C=O) groups is 1. The summed E-state index contributed by atoms with van der Waals surface area (Å²) in [6.07, 6.45) is 5.54. The Balaban J connectivity index is 1.95. The van der Waals surface area contributed by atoms with Gasteiger partial charge in [0.05, 0.1) is 5.56 Å². The predicted octanol–water partition coefficient (Wildman–Crippen LogP) is 2.84. The van der Waals surface area contributed by atoms with Crippen molar-refractivity contribution in [3.63, 3.8) is 0 Å². The number of fused-ring (bicyclic) bond motifs is 1. The van der Waals surface area contributed by atoms with Gasteiger partial charge in [-0.2, -0.15) is 0 Å². The van der Waals surface area contributed by atoms with Gasteiger partial charge >= 0.3 is 0 Å². The van der Waals surface area contributed by atoms with Gasteiger partial charge in [0, 0.05) is 36.0 Å². The number of hydrogen-bond donors (Lipinski definition) is 2. The summed E-state index contributed by atoms with van der Waals surface area (Å²) in [5, 5.41) is 3.86. The number of carbonyl (C=O) groups excluding carboxylic acids is 1. The molecule has 3 heterocycles. The van der Waals surface area contributed by atoms with E-state index in [9.17, 15) is 9.59 Å². The van der Waals surface area contributed by atoms with Gasteiger partial charge in [0.25, 0.3) is 5.56 Å². The third-order valence-electron chi connectivity index (χ3n) is 4.54. The number of aromatic amines is 1. The second-order valence-electron chi connectivity index (χ2n) is 6.08. The Hall–Kier alpha value is -2.41. The molecule has 2 aromatic heterocycles. The van der Waals surface area contributed by atoms with Gasteiger partial charge in [0.2, 0.25) is 0 Å². The van der Waals surface area contributed by atoms with Crippen molar-refractivity contribution in [2.45, 2.75) is 37.3 Å². The molecule has 1 aliphatic heterocycles. The Morgan fingerprint density at radius 1 is 1.32 bits per heavy atom. The highest BCUT2D eigenvalue weighted by Gasteiger charge is 2.37. The number of ketones is 1. The zero-order valence-corrected chi connectivity index (χ0v) is 14.7. The second kappa shape index (κ2) is 6.48. The molecule has 0 saturated carbocycles. The van der Waals surface area contributed by atoms with Crippen molar-refractivity contribution in [1.82, 2.24) is 15.0 Å². The molecule has 1 atom stereocenters. The van der Waals surface area contributed by atoms with Crippen molar-refractivity contribution in [2.75, 3.05) is 11.1 Å². The zero-order valence-electron chi connectivity index (χ0n) is 13.8. The lowest BCUT2D eigenvalue weighted by molar-refractivity contribution is -0.116. The molecule has 0 unspecified atom stereocenters. The van der Waals surface area contributed by atoms with Crippen LogP contribution in [0.1, 0.15) is 43.2 Å². The first-order chi connectivity index (χ1) is 12.2. The standard InChI is InChI=1S/C18H18N4O2S/c1-2-25-18-21-16-15(17(24)22-18)13(10-5-4-8-19-9-10)14-11(20-16)6-3-7-12(14)23/h4-5,8-9,13H,2-3,6-7H2,1H3,(H2,20,21,22,24)/t13-/m0/s1. The van der Waals surface area contributed by atoms with Crippen molar-refractivity contribution in [2.24, 2.45) is 0 Å². The van der Waals surface area contributed by atoms with E-state index >= 15 is 0 Å². The highest BCUT2D eigenvalue weighted by Crippen LogP contribution is 2.43. The fraction of sp³-hybridized carbons (Fsp3) is 0.333. The molecule has 0 bridgehead atoms. The maximum atomic E-state index is 12.8. The molecule has 0 aromatic carbocycles. The molecule has 2 N–H and O–H groups in total. The topological polar surface area (TPSA) is 87.7 Å². The molecule has 0 fully saturated rings. The Morgan fingerprint density at radius 3 is 2.96 bits per heavy atom. The van der Waals surface area contributed by atoms with Crippen LogP contribution in [-0.2, 0) is 4.79 Å². The largest absolute Gasteiger partial charge is 0.343 e. The van der Waals surface area contributed by atoms with E-state index in [-0.39, 0.29) is 11.3 Å². The molecule has 6 nitrogen and oxygen atoms in total. The van der Waals surface area contributed by atoms with Gasteiger partial charge < -0.3 is 10.3 Å². The van der Waals surface area contributed by atoms with Gasteiger partial charge in [-0.25, -0.2) is 4.98 Å². The number of thioether (sulfide) groups is 1. The maximum Gasteiger partial charge on any atom is 0.257 e. The lowest BCUT2D eigenvalue weighted by Gasteiger charge is -2.32. The molecule has 0 spiro atoms. The minimum absolute atomic E-state index is 0.0969. The molecule has 4 rings (SSSR count). The van der Waals surface area contributed by atoms with Crippen LogP contribution in [0.4, 0.5) is 5.82 Å². The normalized spacial score (nSPS) is 19.2. The fourth-order valence-electron chi connectivity index (χ4n) is 3.53. The van der Waals surface area contributed by atoms with Crippen molar-refractivity contribution < 1.29 is 4.79 Å². The summed E-state index contributed by atoms with van der Waals surface area (Å²) < 4.78 is 0. The first-order valence-electron chi connectivity index (χ1n) is 8.39. The molecule has 2 aliphatic rings. The molecule has 2 aromatic rings. The summed E-state index contributed by atoms with van der Waals surface area (Å²) in [4.78, 5) is 37.1. The van der Waals surface area contributed by atoms with Crippen molar-refractivity contribution >= 4 is 23.4 Å². The SMILES string of the molecule is CCSc1nc2c(c(=O)[nH]1)[C@@H](c1cccnc1)C1=C(CCCC1=O)N2. The summed E-state index contributed by atoms with van der Waals surface area (Å²) >= 11 is 1.49. The van der Waals surface area contributed by atoms with Gasteiger partial charge in [-0.05, 0) is 30.2 Å². The average molecular weight is 354 g/mol. The lowest BCUT2D eigenvalue weighted by atomic mass is 9.77. The van der Waals surface area contributed by atoms with Gasteiger partial charge in [-0.3, -0.25) is 14.6 Å². The van der Waals surface area contributed by atoms with Crippen molar-refractivity contribution in [1.29, 1.82) is 0 Å². The van der Waals surface area contributed by atoms with Gasteiger partial charge in [-0.1, -0.05) is 24.8 Å². The Labute approximate surface area is 149 Å². The molecule has 0 amide bonds. The van der Waals surface area contributed by atoms with Crippen LogP contribution in [0, 0.1) is 0 Å². The third-order valence-corrected chi connectivity index (χ3v) is 5.29. The minimum Gasteiger partial charge on any atom is -0.343 e. The Morgan fingerprint density at radius 2 is 2.20 bits per heavy atom. The number of hydrogen-bond acceptors (Lipinski definition) is 6. The van der Waals surface area contributed by atoms with Crippen LogP contribution in [-0.4, -0.2) is 26.5 Å². The maximum absolute atomic E-state index is 12.8. The molecular formula is C18H18N4O2S. The lowest BCUT2D eigenvalue weighted by Crippen LogP contribution is -2.32. The highest BCUT2D eigenvalue weighted by molar-refractivity contribution is 7.99. The highest BCUT2D eigenvalue weighted by atomic mass is 32.2. The number of aromatic nitrogens is 3. The molecule has 1 aliphatic carbocycles. The minimum atomic E-state index is -0.412. The van der Waals surface area contributed by atoms with E-state index in [1.807, 2.05) is 19.1 Å². The number of rotatable bonds is 3. The van der Waals surface area contributed by atoms with Gasteiger partial charge in [-0.15, -0.1) is 0 Å². The van der Waals surface area contributed by atoms with Crippen LogP contribution in [0.2, 0.25) is 0 Å². The fourth-order valence-corrected chi connectivity index (χ4v) is 4.12. The van der Waals surface area contributed by atoms with E-state index in [1.165, 1.54) is 11.8 Å². The molecule has 25 heavy (non-hydrogen) atoms. The summed E-state index contributed by atoms with van der Waals surface area (Å²) in [5.74, 6) is 1.06. The van der Waals surface area contributed by atoms with Crippen LogP contribution < -0.4 is 10.9 Å². The van der Waals surface area contributed by atoms with Gasteiger partial charge in [0.15, 0.2) is 10.9 Å². The van der Waals surface area contributed by atoms with Crippen LogP contribution in [0.5, 0.6) is 0 Å². The number of Topliss-reactive ketones (excluding diaryl/α,β-unsaturated/α-hetero) is 1. The van der Waals surface area contributed by atoms with Crippen LogP contribution >= 0.6 is 11.8 Å². The predicted molar refractivity (Wildman–Crippen MR) is 96.8 cm³/mol. The summed E-state index contributed by atoms with van der Waals surface area (Å²) in [6, 6.07) is 3.74. The number of H-pyrrole nitrogens is 1. The Kier molecular flexibility index (Phi) is 4.17.